The van der Waals surface area contributed by atoms with Crippen molar-refractivity contribution >= 4 is 5.82 Å². The molecule has 4 heteroatoms. The molecule has 1 aliphatic heterocycles. The van der Waals surface area contributed by atoms with E-state index in [1.807, 2.05) is 6.07 Å². The van der Waals surface area contributed by atoms with Crippen molar-refractivity contribution in [2.75, 3.05) is 25.0 Å². The van der Waals surface area contributed by atoms with Crippen molar-refractivity contribution in [2.24, 2.45) is 5.92 Å². The Labute approximate surface area is 126 Å². The summed E-state index contributed by atoms with van der Waals surface area (Å²) in [4.78, 5) is 10.7. The van der Waals surface area contributed by atoms with Crippen LogP contribution in [-0.4, -0.2) is 34.5 Å². The molecule has 0 spiro atoms. The number of nitrogens with one attached hydrogen (secondary N) is 1. The van der Waals surface area contributed by atoms with Gasteiger partial charge in [-0.25, -0.2) is 9.97 Å². The second kappa shape index (κ2) is 7.18. The molecule has 3 rings (SSSR count). The van der Waals surface area contributed by atoms with Gasteiger partial charge < -0.3 is 5.32 Å². The van der Waals surface area contributed by atoms with E-state index in [1.165, 1.54) is 24.9 Å². The Morgan fingerprint density at radius 2 is 2.10 bits per heavy atom. The first kappa shape index (κ1) is 14.0. The molecule has 1 fully saturated rings. The highest BCUT2D eigenvalue weighted by Gasteiger charge is 2.19. The van der Waals surface area contributed by atoms with Crippen LogP contribution in [0.3, 0.4) is 0 Å². The summed E-state index contributed by atoms with van der Waals surface area (Å²) in [6.45, 7) is 4.42. The Bertz CT molecular complexity index is 529. The number of aromatic nitrogens is 2. The fourth-order valence-corrected chi connectivity index (χ4v) is 2.95. The van der Waals surface area contributed by atoms with Gasteiger partial charge in [0.1, 0.15) is 12.1 Å². The largest absolute Gasteiger partial charge is 0.370 e. The second-order valence-corrected chi connectivity index (χ2v) is 5.70. The molecule has 0 amide bonds. The molecule has 110 valence electrons. The molecule has 1 atom stereocenters. The van der Waals surface area contributed by atoms with E-state index in [2.05, 4.69) is 50.5 Å². The second-order valence-electron chi connectivity index (χ2n) is 5.70. The molecule has 0 bridgehead atoms. The SMILES string of the molecule is c1ccc(CN2CCCC(CNc3ccncn3)C2)cc1. The van der Waals surface area contributed by atoms with Gasteiger partial charge in [-0.15, -0.1) is 0 Å². The van der Waals surface area contributed by atoms with Gasteiger partial charge >= 0.3 is 0 Å². The molecule has 0 radical (unpaired) electrons. The maximum absolute atomic E-state index is 4.21. The summed E-state index contributed by atoms with van der Waals surface area (Å²) in [6.07, 6.45) is 5.94. The predicted molar refractivity (Wildman–Crippen MR) is 85.0 cm³/mol. The summed E-state index contributed by atoms with van der Waals surface area (Å²) in [6, 6.07) is 12.7. The van der Waals surface area contributed by atoms with E-state index in [-0.39, 0.29) is 0 Å². The van der Waals surface area contributed by atoms with Crippen LogP contribution in [0.25, 0.3) is 0 Å². The number of anilines is 1. The van der Waals surface area contributed by atoms with E-state index in [0.717, 1.165) is 25.5 Å². The van der Waals surface area contributed by atoms with Crippen LogP contribution in [-0.2, 0) is 6.54 Å². The summed E-state index contributed by atoms with van der Waals surface area (Å²) < 4.78 is 0. The fraction of sp³-hybridized carbons (Fsp3) is 0.412. The third kappa shape index (κ3) is 4.26. The minimum Gasteiger partial charge on any atom is -0.370 e. The Morgan fingerprint density at radius 1 is 1.19 bits per heavy atom. The lowest BCUT2D eigenvalue weighted by Crippen LogP contribution is -2.37. The van der Waals surface area contributed by atoms with Crippen LogP contribution < -0.4 is 5.32 Å². The maximum Gasteiger partial charge on any atom is 0.129 e. The van der Waals surface area contributed by atoms with Crippen LogP contribution in [0.5, 0.6) is 0 Å². The van der Waals surface area contributed by atoms with Gasteiger partial charge in [-0.2, -0.15) is 0 Å². The molecule has 1 N–H and O–H groups in total. The fourth-order valence-electron chi connectivity index (χ4n) is 2.95. The highest BCUT2D eigenvalue weighted by atomic mass is 15.1. The summed E-state index contributed by atoms with van der Waals surface area (Å²) in [5.74, 6) is 1.61. The quantitative estimate of drug-likeness (QED) is 0.915. The third-order valence-electron chi connectivity index (χ3n) is 4.01. The highest BCUT2D eigenvalue weighted by Crippen LogP contribution is 2.19. The maximum atomic E-state index is 4.21. The zero-order valence-electron chi connectivity index (χ0n) is 12.3. The molecule has 1 aliphatic rings. The van der Waals surface area contributed by atoms with Crippen LogP contribution in [0.1, 0.15) is 18.4 Å². The molecule has 2 aromatic rings. The van der Waals surface area contributed by atoms with Gasteiger partial charge in [0.25, 0.3) is 0 Å². The minimum absolute atomic E-state index is 0.692. The highest BCUT2D eigenvalue weighted by molar-refractivity contribution is 5.31. The molecule has 0 aliphatic carbocycles. The van der Waals surface area contributed by atoms with E-state index in [1.54, 1.807) is 12.5 Å². The van der Waals surface area contributed by atoms with Crippen LogP contribution in [0.15, 0.2) is 48.9 Å². The van der Waals surface area contributed by atoms with Gasteiger partial charge in [-0.05, 0) is 36.9 Å². The van der Waals surface area contributed by atoms with Crippen LogP contribution in [0.4, 0.5) is 5.82 Å². The monoisotopic (exact) mass is 282 g/mol. The lowest BCUT2D eigenvalue weighted by atomic mass is 9.97. The van der Waals surface area contributed by atoms with Gasteiger partial charge in [0.15, 0.2) is 0 Å². The molecule has 21 heavy (non-hydrogen) atoms. The number of nitrogens with zero attached hydrogens (tertiary/aromatic N) is 3. The van der Waals surface area contributed by atoms with E-state index in [4.69, 9.17) is 0 Å². The van der Waals surface area contributed by atoms with E-state index in [9.17, 15) is 0 Å². The number of benzene rings is 1. The van der Waals surface area contributed by atoms with Gasteiger partial charge in [-0.1, -0.05) is 30.3 Å². The molecular formula is C17H22N4. The Hall–Kier alpha value is -1.94. The van der Waals surface area contributed by atoms with Crippen LogP contribution >= 0.6 is 0 Å². The van der Waals surface area contributed by atoms with Gasteiger partial charge in [-0.3, -0.25) is 4.90 Å². The topological polar surface area (TPSA) is 41.0 Å². The van der Waals surface area contributed by atoms with E-state index >= 15 is 0 Å². The molecule has 1 saturated heterocycles. The van der Waals surface area contributed by atoms with Crippen molar-refractivity contribution in [3.8, 4) is 0 Å². The summed E-state index contributed by atoms with van der Waals surface area (Å²) in [7, 11) is 0. The molecule has 1 aromatic heterocycles. The minimum atomic E-state index is 0.692. The third-order valence-corrected chi connectivity index (χ3v) is 4.01. The first-order chi connectivity index (χ1) is 10.4. The number of piperidine rings is 1. The van der Waals surface area contributed by atoms with Crippen molar-refractivity contribution in [1.29, 1.82) is 0 Å². The molecule has 1 unspecified atom stereocenters. The molecule has 4 nitrogen and oxygen atoms in total. The smallest absolute Gasteiger partial charge is 0.129 e. The standard InChI is InChI=1S/C17H22N4/c1-2-5-15(6-3-1)12-21-10-4-7-16(13-21)11-19-17-8-9-18-14-20-17/h1-3,5-6,8-9,14,16H,4,7,10-13H2,(H,18,19,20). The van der Waals surface area contributed by atoms with Gasteiger partial charge in [0.2, 0.25) is 0 Å². The van der Waals surface area contributed by atoms with Crippen LogP contribution in [0.2, 0.25) is 0 Å². The average molecular weight is 282 g/mol. The Balaban J connectivity index is 1.49. The average Bonchev–Trinajstić information content (AvgIpc) is 2.55. The summed E-state index contributed by atoms with van der Waals surface area (Å²) >= 11 is 0. The van der Waals surface area contributed by atoms with Crippen molar-refractivity contribution in [3.63, 3.8) is 0 Å². The van der Waals surface area contributed by atoms with Crippen molar-refractivity contribution in [1.82, 2.24) is 14.9 Å². The molecule has 2 heterocycles. The summed E-state index contributed by atoms with van der Waals surface area (Å²) in [5, 5.41) is 3.42. The number of hydrogen-bond donors (Lipinski definition) is 1. The van der Waals surface area contributed by atoms with Gasteiger partial charge in [0, 0.05) is 25.8 Å². The first-order valence-electron chi connectivity index (χ1n) is 7.66. The van der Waals surface area contributed by atoms with Crippen molar-refractivity contribution in [2.45, 2.75) is 19.4 Å². The normalized spacial score (nSPS) is 19.3. The zero-order valence-corrected chi connectivity index (χ0v) is 12.3. The van der Waals surface area contributed by atoms with Crippen molar-refractivity contribution in [3.05, 3.63) is 54.5 Å². The molecule has 0 saturated carbocycles. The lowest BCUT2D eigenvalue weighted by Gasteiger charge is -2.33. The molecule has 1 aromatic carbocycles. The van der Waals surface area contributed by atoms with E-state index < -0.39 is 0 Å². The number of rotatable bonds is 5. The van der Waals surface area contributed by atoms with Crippen molar-refractivity contribution < 1.29 is 0 Å². The van der Waals surface area contributed by atoms with E-state index in [0.29, 0.717) is 5.92 Å². The van der Waals surface area contributed by atoms with Gasteiger partial charge in [0.05, 0.1) is 0 Å². The zero-order chi connectivity index (χ0) is 14.3. The first-order valence-corrected chi connectivity index (χ1v) is 7.66. The van der Waals surface area contributed by atoms with Crippen LogP contribution in [0, 0.1) is 5.92 Å². The Kier molecular flexibility index (Phi) is 4.79. The lowest BCUT2D eigenvalue weighted by molar-refractivity contribution is 0.173. The molecular weight excluding hydrogens is 260 g/mol. The number of hydrogen-bond acceptors (Lipinski definition) is 4. The Morgan fingerprint density at radius 3 is 2.90 bits per heavy atom. The predicted octanol–water partition coefficient (Wildman–Crippen LogP) is 2.80. The summed E-state index contributed by atoms with van der Waals surface area (Å²) in [5.41, 5.74) is 1.40. The number of likely N-dealkylation sites (tertiary alicyclic amines) is 1.